The van der Waals surface area contributed by atoms with E-state index < -0.39 is 19.0 Å². The summed E-state index contributed by atoms with van der Waals surface area (Å²) in [6.07, 6.45) is 1.24. The summed E-state index contributed by atoms with van der Waals surface area (Å²) in [4.78, 5) is 25.8. The van der Waals surface area contributed by atoms with E-state index in [0.717, 1.165) is 22.9 Å². The van der Waals surface area contributed by atoms with Crippen molar-refractivity contribution in [3.63, 3.8) is 0 Å². The fourth-order valence-corrected chi connectivity index (χ4v) is 5.64. The molecular formula is C29H34N6O7S2. The molecular weight excluding hydrogens is 608 g/mol. The number of hydrogen-bond donors (Lipinski definition) is 4. The Balaban J connectivity index is 1.22. The first-order chi connectivity index (χ1) is 21.6. The van der Waals surface area contributed by atoms with Crippen LogP contribution in [0.2, 0.25) is 0 Å². The Morgan fingerprint density at radius 2 is 1.16 bits per heavy atom. The Bertz CT molecular complexity index is 1420. The third-order valence-corrected chi connectivity index (χ3v) is 7.88. The summed E-state index contributed by atoms with van der Waals surface area (Å²) in [6, 6.07) is 18.1. The van der Waals surface area contributed by atoms with E-state index in [-0.39, 0.29) is 38.2 Å². The van der Waals surface area contributed by atoms with Gasteiger partial charge in [-0.15, -0.1) is 20.4 Å². The molecule has 13 nitrogen and oxygen atoms in total. The van der Waals surface area contributed by atoms with Crippen LogP contribution in [0.3, 0.4) is 0 Å². The van der Waals surface area contributed by atoms with Crippen LogP contribution in [0, 0.1) is 0 Å². The third-order valence-electron chi connectivity index (χ3n) is 6.09. The van der Waals surface area contributed by atoms with Gasteiger partial charge in [0.25, 0.3) is 11.8 Å². The van der Waals surface area contributed by atoms with E-state index in [1.165, 1.54) is 22.7 Å². The maximum absolute atomic E-state index is 13.0. The van der Waals surface area contributed by atoms with Crippen molar-refractivity contribution in [2.45, 2.75) is 37.9 Å². The van der Waals surface area contributed by atoms with Crippen LogP contribution in [0.4, 0.5) is 10.3 Å². The van der Waals surface area contributed by atoms with Gasteiger partial charge in [-0.05, 0) is 24.0 Å². The molecule has 2 heterocycles. The molecule has 0 spiro atoms. The maximum atomic E-state index is 13.0. The predicted octanol–water partition coefficient (Wildman–Crippen LogP) is 3.31. The average Bonchev–Trinajstić information content (AvgIpc) is 3.69. The molecule has 0 saturated heterocycles. The molecule has 2 aromatic heterocycles. The summed E-state index contributed by atoms with van der Waals surface area (Å²) in [6.45, 7) is -0.305. The zero-order chi connectivity index (χ0) is 31.0. The van der Waals surface area contributed by atoms with Crippen LogP contribution in [0.1, 0.15) is 46.2 Å². The fourth-order valence-electron chi connectivity index (χ4n) is 4.07. The number of unbranched alkanes of at least 4 members (excludes halogenated alkanes) is 1. The smallest absolute Gasteiger partial charge is 0.259 e. The Hall–Kier alpha value is -3.70. The van der Waals surface area contributed by atoms with Crippen LogP contribution in [0.25, 0.3) is 0 Å². The topological polar surface area (TPSA) is 178 Å². The predicted molar refractivity (Wildman–Crippen MR) is 164 cm³/mol. The zero-order valence-corrected chi connectivity index (χ0v) is 25.5. The molecule has 0 bridgehead atoms. The number of nitrogens with zero attached hydrogens (tertiary/aromatic N) is 4. The number of rotatable bonds is 19. The molecule has 2 unspecified atom stereocenters. The Kier molecular flexibility index (Phi) is 13.7. The average molecular weight is 643 g/mol. The van der Waals surface area contributed by atoms with Gasteiger partial charge < -0.3 is 24.4 Å². The lowest BCUT2D eigenvalue weighted by Gasteiger charge is -2.17. The standard InChI is InChI=1S/C29H34N6O7S2/c36-15-16-41-24(20-9-3-1-4-10-20)26(38)30-28-34-32-22(43-28)13-7-8-14-23-33-35-29(44-23)31-27(39)25(42-18-17-40-19-37)21-11-5-2-6-12-21/h1-6,9-12,24-25,36-37H,7-8,13-19H2,(H,30,34,38)(H,31,35,39). The summed E-state index contributed by atoms with van der Waals surface area (Å²) in [5.41, 5.74) is 1.36. The van der Waals surface area contributed by atoms with Gasteiger partial charge in [-0.3, -0.25) is 20.2 Å². The van der Waals surface area contributed by atoms with Crippen molar-refractivity contribution in [1.29, 1.82) is 0 Å². The van der Waals surface area contributed by atoms with Crippen LogP contribution in [-0.4, -0.2) is 75.6 Å². The number of aliphatic hydroxyl groups excluding tert-OH is 2. The van der Waals surface area contributed by atoms with Gasteiger partial charge in [0.2, 0.25) is 10.3 Å². The van der Waals surface area contributed by atoms with Crippen molar-refractivity contribution in [2.75, 3.05) is 43.9 Å². The Morgan fingerprint density at radius 1 is 0.682 bits per heavy atom. The number of aliphatic hydroxyl groups is 2. The van der Waals surface area contributed by atoms with Crippen LogP contribution in [0.5, 0.6) is 0 Å². The van der Waals surface area contributed by atoms with Gasteiger partial charge in [0.1, 0.15) is 16.8 Å². The van der Waals surface area contributed by atoms with Crippen molar-refractivity contribution in [2.24, 2.45) is 0 Å². The molecule has 15 heteroatoms. The third kappa shape index (κ3) is 10.5. The van der Waals surface area contributed by atoms with Crippen LogP contribution >= 0.6 is 22.7 Å². The van der Waals surface area contributed by atoms with Crippen molar-refractivity contribution >= 4 is 44.8 Å². The van der Waals surface area contributed by atoms with Gasteiger partial charge in [0.15, 0.2) is 12.2 Å². The second-order valence-electron chi connectivity index (χ2n) is 9.27. The molecule has 4 rings (SSSR count). The van der Waals surface area contributed by atoms with Crippen LogP contribution in [-0.2, 0) is 36.6 Å². The van der Waals surface area contributed by atoms with E-state index in [1.807, 2.05) is 36.4 Å². The van der Waals surface area contributed by atoms with Gasteiger partial charge in [-0.2, -0.15) is 0 Å². The fraction of sp³-hybridized carbons (Fsp3) is 0.379. The summed E-state index contributed by atoms with van der Waals surface area (Å²) in [7, 11) is 0. The highest BCUT2D eigenvalue weighted by molar-refractivity contribution is 7.15. The van der Waals surface area contributed by atoms with Gasteiger partial charge in [0, 0.05) is 12.8 Å². The molecule has 234 valence electrons. The molecule has 2 amide bonds. The number of carbonyl (C=O) groups excluding carboxylic acids is 2. The molecule has 0 saturated carbocycles. The van der Waals surface area contributed by atoms with Gasteiger partial charge in [-0.25, -0.2) is 0 Å². The highest BCUT2D eigenvalue weighted by Crippen LogP contribution is 2.25. The minimum atomic E-state index is -0.875. The molecule has 44 heavy (non-hydrogen) atoms. The number of nitrogens with one attached hydrogen (secondary N) is 2. The van der Waals surface area contributed by atoms with Crippen molar-refractivity contribution < 1.29 is 34.0 Å². The Morgan fingerprint density at radius 3 is 1.61 bits per heavy atom. The highest BCUT2D eigenvalue weighted by atomic mass is 32.1. The lowest BCUT2D eigenvalue weighted by atomic mass is 10.1. The lowest BCUT2D eigenvalue weighted by Crippen LogP contribution is -2.25. The number of amides is 2. The van der Waals surface area contributed by atoms with Crippen molar-refractivity contribution in [1.82, 2.24) is 20.4 Å². The first kappa shape index (κ1) is 33.2. The van der Waals surface area contributed by atoms with E-state index in [2.05, 4.69) is 31.0 Å². The minimum Gasteiger partial charge on any atom is -0.394 e. The summed E-state index contributed by atoms with van der Waals surface area (Å²) in [5, 5.41) is 42.4. The Labute approximate surface area is 262 Å². The van der Waals surface area contributed by atoms with Crippen molar-refractivity contribution in [3.05, 3.63) is 81.8 Å². The number of aromatic nitrogens is 4. The molecule has 2 aromatic carbocycles. The first-order valence-electron chi connectivity index (χ1n) is 14.0. The molecule has 0 fully saturated rings. The number of benzene rings is 2. The van der Waals surface area contributed by atoms with Gasteiger partial charge >= 0.3 is 0 Å². The van der Waals surface area contributed by atoms with Crippen LogP contribution < -0.4 is 10.6 Å². The lowest BCUT2D eigenvalue weighted by molar-refractivity contribution is -0.130. The second kappa shape index (κ2) is 18.2. The zero-order valence-electron chi connectivity index (χ0n) is 23.8. The van der Waals surface area contributed by atoms with Crippen molar-refractivity contribution in [3.8, 4) is 0 Å². The normalized spacial score (nSPS) is 12.5. The first-order valence-corrected chi connectivity index (χ1v) is 15.6. The number of carbonyl (C=O) groups is 2. The number of hydrogen-bond acceptors (Lipinski definition) is 13. The molecule has 4 aromatic rings. The monoisotopic (exact) mass is 642 g/mol. The molecule has 2 atom stereocenters. The maximum Gasteiger partial charge on any atom is 0.259 e. The molecule has 0 aliphatic carbocycles. The minimum absolute atomic E-state index is 0.0292. The number of ether oxygens (including phenoxy) is 3. The summed E-state index contributed by atoms with van der Waals surface area (Å²) < 4.78 is 16.2. The SMILES string of the molecule is O=C(Nc1nnc(CCCCc2nnc(NC(=O)C(OCCOCO)c3ccccc3)s2)s1)C(OCCO)c1ccccc1. The quantitative estimate of drug-likeness (QED) is 0.0871. The van der Waals surface area contributed by atoms with Crippen LogP contribution in [0.15, 0.2) is 60.7 Å². The number of aryl methyl sites for hydroxylation is 2. The highest BCUT2D eigenvalue weighted by Gasteiger charge is 2.24. The van der Waals surface area contributed by atoms with E-state index in [4.69, 9.17) is 24.4 Å². The van der Waals surface area contributed by atoms with E-state index in [9.17, 15) is 9.59 Å². The summed E-state index contributed by atoms with van der Waals surface area (Å²) >= 11 is 2.60. The number of anilines is 2. The van der Waals surface area contributed by atoms with Gasteiger partial charge in [-0.1, -0.05) is 83.3 Å². The molecule has 0 aliphatic heterocycles. The molecule has 0 radical (unpaired) electrons. The van der Waals surface area contributed by atoms with E-state index in [0.29, 0.717) is 34.2 Å². The second-order valence-corrected chi connectivity index (χ2v) is 11.4. The van der Waals surface area contributed by atoms with Gasteiger partial charge in [0.05, 0.1) is 26.4 Å². The molecule has 0 aliphatic rings. The summed E-state index contributed by atoms with van der Waals surface area (Å²) in [5.74, 6) is -0.763. The van der Waals surface area contributed by atoms with E-state index in [1.54, 1.807) is 24.3 Å². The largest absolute Gasteiger partial charge is 0.394 e. The molecule has 4 N–H and O–H groups in total. The van der Waals surface area contributed by atoms with E-state index >= 15 is 0 Å².